The van der Waals surface area contributed by atoms with E-state index in [0.717, 1.165) is 16.6 Å². The zero-order valence-electron chi connectivity index (χ0n) is 10.3. The van der Waals surface area contributed by atoms with E-state index in [1.807, 2.05) is 18.2 Å². The van der Waals surface area contributed by atoms with Gasteiger partial charge in [-0.3, -0.25) is 5.10 Å². The molecule has 0 amide bonds. The minimum atomic E-state index is 0.0444. The second-order valence-corrected chi connectivity index (χ2v) is 5.23. The van der Waals surface area contributed by atoms with Crippen LogP contribution in [-0.4, -0.2) is 15.3 Å². The lowest BCUT2D eigenvalue weighted by molar-refractivity contribution is 0.469. The number of nitrogens with zero attached hydrogens (tertiary/aromatic N) is 1. The van der Waals surface area contributed by atoms with Gasteiger partial charge in [-0.25, -0.2) is 0 Å². The lowest BCUT2D eigenvalue weighted by Gasteiger charge is -2.10. The molecule has 0 radical (unpaired) electrons. The summed E-state index contributed by atoms with van der Waals surface area (Å²) >= 11 is 11.8. The molecule has 0 saturated carbocycles. The lowest BCUT2D eigenvalue weighted by Crippen LogP contribution is -2.00. The number of aromatic nitrogens is 2. The van der Waals surface area contributed by atoms with Crippen LogP contribution in [0.3, 0.4) is 0 Å². The third-order valence-corrected chi connectivity index (χ3v) is 3.57. The molecule has 3 rings (SSSR count). The minimum Gasteiger partial charge on any atom is -0.506 e. The Bertz CT molecular complexity index is 770. The van der Waals surface area contributed by atoms with Gasteiger partial charge in [-0.05, 0) is 24.3 Å². The number of aromatic hydroxyl groups is 1. The van der Waals surface area contributed by atoms with Crippen LogP contribution in [0.4, 0.5) is 5.69 Å². The van der Waals surface area contributed by atoms with Crippen molar-refractivity contribution in [2.45, 2.75) is 6.54 Å². The zero-order chi connectivity index (χ0) is 14.1. The summed E-state index contributed by atoms with van der Waals surface area (Å²) in [5.41, 5.74) is 2.51. The van der Waals surface area contributed by atoms with Crippen LogP contribution in [0.5, 0.6) is 5.75 Å². The molecule has 0 spiro atoms. The molecule has 0 bridgehead atoms. The number of phenolic OH excluding ortho intramolecular Hbond substituents is 1. The molecule has 0 atom stereocenters. The Labute approximate surface area is 125 Å². The Morgan fingerprint density at radius 1 is 1.25 bits per heavy atom. The second kappa shape index (κ2) is 5.23. The highest BCUT2D eigenvalue weighted by molar-refractivity contribution is 6.35. The maximum atomic E-state index is 9.92. The smallest absolute Gasteiger partial charge is 0.139 e. The Hall–Kier alpha value is -1.91. The molecule has 0 aliphatic carbocycles. The monoisotopic (exact) mass is 307 g/mol. The SMILES string of the molecule is Oc1c(Cl)cc(Cl)cc1CNc1cccc2[nH]ncc12. The number of halogens is 2. The van der Waals surface area contributed by atoms with Crippen LogP contribution < -0.4 is 5.32 Å². The molecular formula is C14H11Cl2N3O. The minimum absolute atomic E-state index is 0.0444. The quantitative estimate of drug-likeness (QED) is 0.680. The zero-order valence-corrected chi connectivity index (χ0v) is 11.8. The highest BCUT2D eigenvalue weighted by atomic mass is 35.5. The molecule has 0 aliphatic rings. The molecule has 1 heterocycles. The first-order valence-corrected chi connectivity index (χ1v) is 6.73. The van der Waals surface area contributed by atoms with Crippen LogP contribution >= 0.6 is 23.2 Å². The number of phenols is 1. The van der Waals surface area contributed by atoms with Crippen molar-refractivity contribution in [2.24, 2.45) is 0 Å². The first-order valence-electron chi connectivity index (χ1n) is 5.98. The van der Waals surface area contributed by atoms with Crippen LogP contribution in [0, 0.1) is 0 Å². The molecule has 3 aromatic rings. The van der Waals surface area contributed by atoms with Crippen LogP contribution in [0.15, 0.2) is 36.5 Å². The first kappa shape index (κ1) is 13.1. The molecule has 2 aromatic carbocycles. The van der Waals surface area contributed by atoms with Crippen LogP contribution in [0.25, 0.3) is 10.9 Å². The Morgan fingerprint density at radius 2 is 2.10 bits per heavy atom. The molecule has 20 heavy (non-hydrogen) atoms. The van der Waals surface area contributed by atoms with Gasteiger partial charge >= 0.3 is 0 Å². The van der Waals surface area contributed by atoms with Crippen molar-refractivity contribution < 1.29 is 5.11 Å². The predicted molar refractivity (Wildman–Crippen MR) is 81.5 cm³/mol. The van der Waals surface area contributed by atoms with Crippen molar-refractivity contribution >= 4 is 39.8 Å². The number of nitrogens with one attached hydrogen (secondary N) is 2. The highest BCUT2D eigenvalue weighted by Crippen LogP contribution is 2.32. The summed E-state index contributed by atoms with van der Waals surface area (Å²) in [6.45, 7) is 0.413. The van der Waals surface area contributed by atoms with E-state index in [9.17, 15) is 5.11 Å². The van der Waals surface area contributed by atoms with E-state index in [2.05, 4.69) is 15.5 Å². The van der Waals surface area contributed by atoms with E-state index in [-0.39, 0.29) is 10.8 Å². The second-order valence-electron chi connectivity index (χ2n) is 4.39. The molecule has 0 saturated heterocycles. The average Bonchev–Trinajstić information content (AvgIpc) is 2.90. The number of rotatable bonds is 3. The van der Waals surface area contributed by atoms with E-state index in [1.165, 1.54) is 6.07 Å². The fraction of sp³-hybridized carbons (Fsp3) is 0.0714. The summed E-state index contributed by atoms with van der Waals surface area (Å²) in [7, 11) is 0. The largest absolute Gasteiger partial charge is 0.506 e. The summed E-state index contributed by atoms with van der Waals surface area (Å²) in [6.07, 6.45) is 1.75. The van der Waals surface area contributed by atoms with Crippen molar-refractivity contribution in [2.75, 3.05) is 5.32 Å². The molecule has 102 valence electrons. The van der Waals surface area contributed by atoms with Gasteiger partial charge in [0.1, 0.15) is 5.75 Å². The number of anilines is 1. The van der Waals surface area contributed by atoms with Crippen LogP contribution in [0.2, 0.25) is 10.0 Å². The number of benzene rings is 2. The van der Waals surface area contributed by atoms with Crippen molar-refractivity contribution in [3.05, 3.63) is 52.1 Å². The fourth-order valence-electron chi connectivity index (χ4n) is 2.07. The average molecular weight is 308 g/mol. The summed E-state index contributed by atoms with van der Waals surface area (Å²) < 4.78 is 0. The van der Waals surface area contributed by atoms with Gasteiger partial charge in [0.15, 0.2) is 0 Å². The Balaban J connectivity index is 1.88. The Kier molecular flexibility index (Phi) is 3.42. The van der Waals surface area contributed by atoms with Gasteiger partial charge in [0, 0.05) is 28.2 Å². The van der Waals surface area contributed by atoms with Gasteiger partial charge in [-0.1, -0.05) is 29.3 Å². The van der Waals surface area contributed by atoms with Gasteiger partial charge < -0.3 is 10.4 Å². The summed E-state index contributed by atoms with van der Waals surface area (Å²) in [4.78, 5) is 0. The van der Waals surface area contributed by atoms with E-state index in [0.29, 0.717) is 17.1 Å². The van der Waals surface area contributed by atoms with Crippen molar-refractivity contribution in [1.82, 2.24) is 10.2 Å². The summed E-state index contributed by atoms with van der Waals surface area (Å²) in [6, 6.07) is 9.01. The van der Waals surface area contributed by atoms with Crippen molar-refractivity contribution in [3.63, 3.8) is 0 Å². The normalized spacial score (nSPS) is 10.9. The predicted octanol–water partition coefficient (Wildman–Crippen LogP) is 4.19. The topological polar surface area (TPSA) is 60.9 Å². The standard InChI is InChI=1S/C14H11Cl2N3O/c15-9-4-8(14(20)11(16)5-9)6-17-12-2-1-3-13-10(12)7-18-19-13/h1-5,7,17,20H,6H2,(H,18,19). The van der Waals surface area contributed by atoms with Crippen LogP contribution in [-0.2, 0) is 6.54 Å². The molecule has 0 unspecified atom stereocenters. The first-order chi connectivity index (χ1) is 9.65. The van der Waals surface area contributed by atoms with E-state index in [4.69, 9.17) is 23.2 Å². The molecular weight excluding hydrogens is 297 g/mol. The van der Waals surface area contributed by atoms with Gasteiger partial charge in [-0.15, -0.1) is 0 Å². The van der Waals surface area contributed by atoms with Gasteiger partial charge in [0.2, 0.25) is 0 Å². The summed E-state index contributed by atoms with van der Waals surface area (Å²) in [5, 5.41) is 21.8. The number of hydrogen-bond donors (Lipinski definition) is 3. The maximum absolute atomic E-state index is 9.92. The molecule has 4 nitrogen and oxygen atoms in total. The van der Waals surface area contributed by atoms with E-state index < -0.39 is 0 Å². The van der Waals surface area contributed by atoms with Crippen molar-refractivity contribution in [1.29, 1.82) is 0 Å². The van der Waals surface area contributed by atoms with Crippen molar-refractivity contribution in [3.8, 4) is 5.75 Å². The lowest BCUT2D eigenvalue weighted by atomic mass is 10.1. The molecule has 1 aromatic heterocycles. The maximum Gasteiger partial charge on any atom is 0.139 e. The third-order valence-electron chi connectivity index (χ3n) is 3.06. The summed E-state index contributed by atoms with van der Waals surface area (Å²) in [5.74, 6) is 0.0444. The number of aromatic amines is 1. The highest BCUT2D eigenvalue weighted by Gasteiger charge is 2.09. The molecule has 6 heteroatoms. The van der Waals surface area contributed by atoms with Gasteiger partial charge in [0.05, 0.1) is 16.7 Å². The van der Waals surface area contributed by atoms with E-state index >= 15 is 0 Å². The molecule has 0 aliphatic heterocycles. The third kappa shape index (κ3) is 2.40. The fourth-order valence-corrected chi connectivity index (χ4v) is 2.60. The molecule has 0 fully saturated rings. The van der Waals surface area contributed by atoms with Gasteiger partial charge in [-0.2, -0.15) is 5.10 Å². The Morgan fingerprint density at radius 3 is 2.95 bits per heavy atom. The molecule has 3 N–H and O–H groups in total. The van der Waals surface area contributed by atoms with Crippen LogP contribution in [0.1, 0.15) is 5.56 Å². The number of hydrogen-bond acceptors (Lipinski definition) is 3. The number of fused-ring (bicyclic) bond motifs is 1. The van der Waals surface area contributed by atoms with Gasteiger partial charge in [0.25, 0.3) is 0 Å². The number of H-pyrrole nitrogens is 1. The van der Waals surface area contributed by atoms with E-state index in [1.54, 1.807) is 12.3 Å².